The molecular formula is C11H15ClF3N3. The lowest BCUT2D eigenvalue weighted by Crippen LogP contribution is -2.36. The Balaban J connectivity index is 3.09. The highest BCUT2D eigenvalue weighted by atomic mass is 35.5. The number of halogens is 4. The Hall–Kier alpha value is -1.04. The van der Waals surface area contributed by atoms with Crippen LogP contribution < -0.4 is 4.90 Å². The number of nitrogens with zero attached hydrogens (tertiary/aromatic N) is 3. The standard InChI is InChI=1S/C11H15ClF3N3/c1-3-5-18(6-11(13,14)15)10-8(4-2)9(12)16-7-17-10/h7H,3-6H2,1-2H3. The minimum absolute atomic E-state index is 0.214. The van der Waals surface area contributed by atoms with Gasteiger partial charge in [0.2, 0.25) is 0 Å². The zero-order chi connectivity index (χ0) is 13.8. The van der Waals surface area contributed by atoms with Crippen LogP contribution in [-0.4, -0.2) is 29.2 Å². The summed E-state index contributed by atoms with van der Waals surface area (Å²) in [5, 5.41) is 0.214. The summed E-state index contributed by atoms with van der Waals surface area (Å²) in [4.78, 5) is 8.94. The summed E-state index contributed by atoms with van der Waals surface area (Å²) >= 11 is 5.89. The van der Waals surface area contributed by atoms with Gasteiger partial charge in [0.05, 0.1) is 0 Å². The van der Waals surface area contributed by atoms with Crippen LogP contribution in [0.25, 0.3) is 0 Å². The zero-order valence-corrected chi connectivity index (χ0v) is 11.0. The largest absolute Gasteiger partial charge is 0.405 e. The van der Waals surface area contributed by atoms with Crippen molar-refractivity contribution in [2.24, 2.45) is 0 Å². The highest BCUT2D eigenvalue weighted by molar-refractivity contribution is 6.30. The molecule has 1 aromatic heterocycles. The second kappa shape index (κ2) is 6.22. The van der Waals surface area contributed by atoms with E-state index in [0.29, 0.717) is 18.4 Å². The molecule has 0 N–H and O–H groups in total. The Morgan fingerprint density at radius 1 is 1.28 bits per heavy atom. The fraction of sp³-hybridized carbons (Fsp3) is 0.636. The summed E-state index contributed by atoms with van der Waals surface area (Å²) in [5.41, 5.74) is 0.553. The van der Waals surface area contributed by atoms with E-state index in [0.717, 1.165) is 0 Å². The molecule has 1 rings (SSSR count). The molecule has 1 aromatic rings. The molecule has 0 aliphatic heterocycles. The van der Waals surface area contributed by atoms with Crippen LogP contribution in [0, 0.1) is 0 Å². The molecule has 0 amide bonds. The summed E-state index contributed by atoms with van der Waals surface area (Å²) in [6.07, 6.45) is -1.98. The van der Waals surface area contributed by atoms with Crippen molar-refractivity contribution >= 4 is 17.4 Å². The Morgan fingerprint density at radius 2 is 1.94 bits per heavy atom. The normalized spacial score (nSPS) is 11.7. The van der Waals surface area contributed by atoms with Crippen LogP contribution in [0.15, 0.2) is 6.33 Å². The molecule has 7 heteroatoms. The molecule has 0 saturated heterocycles. The van der Waals surface area contributed by atoms with Gasteiger partial charge in [-0.15, -0.1) is 0 Å². The number of hydrogen-bond acceptors (Lipinski definition) is 3. The fourth-order valence-electron chi connectivity index (χ4n) is 1.71. The van der Waals surface area contributed by atoms with Gasteiger partial charge in [0.15, 0.2) is 0 Å². The van der Waals surface area contributed by atoms with Gasteiger partial charge in [-0.1, -0.05) is 25.4 Å². The maximum absolute atomic E-state index is 12.5. The Labute approximate surface area is 109 Å². The minimum Gasteiger partial charge on any atom is -0.347 e. The zero-order valence-electron chi connectivity index (χ0n) is 10.3. The van der Waals surface area contributed by atoms with Gasteiger partial charge < -0.3 is 4.90 Å². The van der Waals surface area contributed by atoms with Crippen molar-refractivity contribution in [2.75, 3.05) is 18.0 Å². The third-order valence-electron chi connectivity index (χ3n) is 2.39. The van der Waals surface area contributed by atoms with E-state index < -0.39 is 12.7 Å². The van der Waals surface area contributed by atoms with Crippen LogP contribution in [-0.2, 0) is 6.42 Å². The number of aromatic nitrogens is 2. The second-order valence-electron chi connectivity index (χ2n) is 3.86. The predicted molar refractivity (Wildman–Crippen MR) is 65.0 cm³/mol. The molecule has 0 fully saturated rings. The van der Waals surface area contributed by atoms with Crippen LogP contribution in [0.5, 0.6) is 0 Å². The molecule has 0 atom stereocenters. The van der Waals surface area contributed by atoms with Crippen molar-refractivity contribution in [1.82, 2.24) is 9.97 Å². The van der Waals surface area contributed by atoms with Gasteiger partial charge in [-0.05, 0) is 12.8 Å². The quantitative estimate of drug-likeness (QED) is 0.774. The third kappa shape index (κ3) is 4.01. The van der Waals surface area contributed by atoms with Gasteiger partial charge in [-0.2, -0.15) is 13.2 Å². The molecule has 0 spiro atoms. The van der Waals surface area contributed by atoms with Crippen molar-refractivity contribution in [1.29, 1.82) is 0 Å². The highest BCUT2D eigenvalue weighted by Gasteiger charge is 2.32. The third-order valence-corrected chi connectivity index (χ3v) is 2.71. The van der Waals surface area contributed by atoms with Gasteiger partial charge in [-0.3, -0.25) is 0 Å². The molecule has 0 saturated carbocycles. The Morgan fingerprint density at radius 3 is 2.44 bits per heavy atom. The van der Waals surface area contributed by atoms with E-state index in [1.54, 1.807) is 0 Å². The summed E-state index contributed by atoms with van der Waals surface area (Å²) in [5.74, 6) is 0.275. The van der Waals surface area contributed by atoms with E-state index in [9.17, 15) is 13.2 Å². The van der Waals surface area contributed by atoms with Crippen LogP contribution in [0.3, 0.4) is 0 Å². The minimum atomic E-state index is -4.27. The smallest absolute Gasteiger partial charge is 0.347 e. The molecular weight excluding hydrogens is 267 g/mol. The van der Waals surface area contributed by atoms with Crippen LogP contribution in [0.2, 0.25) is 5.15 Å². The van der Waals surface area contributed by atoms with E-state index >= 15 is 0 Å². The maximum atomic E-state index is 12.5. The average Bonchev–Trinajstić information content (AvgIpc) is 2.26. The molecule has 0 aromatic carbocycles. The number of alkyl halides is 3. The van der Waals surface area contributed by atoms with E-state index in [-0.39, 0.29) is 17.5 Å². The van der Waals surface area contributed by atoms with Gasteiger partial charge in [0, 0.05) is 12.1 Å². The summed E-state index contributed by atoms with van der Waals surface area (Å²) in [6, 6.07) is 0. The van der Waals surface area contributed by atoms with E-state index in [1.165, 1.54) is 11.2 Å². The first kappa shape index (κ1) is 15.0. The molecule has 3 nitrogen and oxygen atoms in total. The lowest BCUT2D eigenvalue weighted by atomic mass is 10.2. The number of rotatable bonds is 5. The van der Waals surface area contributed by atoms with E-state index in [2.05, 4.69) is 9.97 Å². The van der Waals surface area contributed by atoms with Crippen molar-refractivity contribution in [3.8, 4) is 0 Å². The first-order chi connectivity index (χ1) is 8.39. The van der Waals surface area contributed by atoms with Gasteiger partial charge in [0.1, 0.15) is 23.8 Å². The van der Waals surface area contributed by atoms with Crippen molar-refractivity contribution in [3.63, 3.8) is 0 Å². The first-order valence-electron chi connectivity index (χ1n) is 5.70. The van der Waals surface area contributed by atoms with Gasteiger partial charge >= 0.3 is 6.18 Å². The second-order valence-corrected chi connectivity index (χ2v) is 4.21. The highest BCUT2D eigenvalue weighted by Crippen LogP contribution is 2.27. The summed E-state index contributed by atoms with van der Waals surface area (Å²) < 4.78 is 37.6. The van der Waals surface area contributed by atoms with E-state index in [1.807, 2.05) is 13.8 Å². The SMILES string of the molecule is CCCN(CC(F)(F)F)c1ncnc(Cl)c1CC. The lowest BCUT2D eigenvalue weighted by molar-refractivity contribution is -0.119. The topological polar surface area (TPSA) is 29.0 Å². The van der Waals surface area contributed by atoms with E-state index in [4.69, 9.17) is 11.6 Å². The molecule has 0 unspecified atom stereocenters. The number of hydrogen-bond donors (Lipinski definition) is 0. The van der Waals surface area contributed by atoms with Crippen LogP contribution in [0.1, 0.15) is 25.8 Å². The van der Waals surface area contributed by atoms with Crippen molar-refractivity contribution in [2.45, 2.75) is 32.9 Å². The van der Waals surface area contributed by atoms with Crippen molar-refractivity contribution < 1.29 is 13.2 Å². The molecule has 102 valence electrons. The molecule has 0 radical (unpaired) electrons. The van der Waals surface area contributed by atoms with Crippen molar-refractivity contribution in [3.05, 3.63) is 17.0 Å². The maximum Gasteiger partial charge on any atom is 0.405 e. The average molecular weight is 282 g/mol. The lowest BCUT2D eigenvalue weighted by Gasteiger charge is -2.26. The molecule has 0 aliphatic carbocycles. The Kier molecular flexibility index (Phi) is 5.19. The molecule has 1 heterocycles. The first-order valence-corrected chi connectivity index (χ1v) is 6.07. The Bertz CT molecular complexity index is 396. The van der Waals surface area contributed by atoms with Gasteiger partial charge in [0.25, 0.3) is 0 Å². The van der Waals surface area contributed by atoms with Gasteiger partial charge in [-0.25, -0.2) is 9.97 Å². The fourth-order valence-corrected chi connectivity index (χ4v) is 1.97. The van der Waals surface area contributed by atoms with Crippen LogP contribution >= 0.6 is 11.6 Å². The summed E-state index contributed by atoms with van der Waals surface area (Å²) in [7, 11) is 0. The predicted octanol–water partition coefficient (Wildman–Crippen LogP) is 3.47. The monoisotopic (exact) mass is 281 g/mol. The summed E-state index contributed by atoms with van der Waals surface area (Å²) in [6.45, 7) is 2.88. The molecule has 0 bridgehead atoms. The van der Waals surface area contributed by atoms with Crippen LogP contribution in [0.4, 0.5) is 19.0 Å². The number of anilines is 1. The molecule has 0 aliphatic rings. The molecule has 18 heavy (non-hydrogen) atoms.